The SMILES string of the molecule is Cc1sc(CNc2ccc(F)cc2Br)cc1Br. The third kappa shape index (κ3) is 3.30. The molecular weight excluding hydrogens is 369 g/mol. The van der Waals surface area contributed by atoms with E-state index in [1.807, 2.05) is 0 Å². The first kappa shape index (κ1) is 13.1. The van der Waals surface area contributed by atoms with Crippen LogP contribution in [0.3, 0.4) is 0 Å². The molecule has 0 saturated heterocycles. The Balaban J connectivity index is 2.07. The average molecular weight is 379 g/mol. The second-order valence-electron chi connectivity index (χ2n) is 3.59. The van der Waals surface area contributed by atoms with Gasteiger partial charge < -0.3 is 5.32 Å². The number of benzene rings is 1. The van der Waals surface area contributed by atoms with Crippen molar-refractivity contribution in [2.45, 2.75) is 13.5 Å². The number of hydrogen-bond acceptors (Lipinski definition) is 2. The number of hydrogen-bond donors (Lipinski definition) is 1. The van der Waals surface area contributed by atoms with E-state index < -0.39 is 0 Å². The molecule has 0 aliphatic carbocycles. The molecule has 0 atom stereocenters. The van der Waals surface area contributed by atoms with Gasteiger partial charge in [-0.3, -0.25) is 0 Å². The Hall–Kier alpha value is -0.390. The molecule has 17 heavy (non-hydrogen) atoms. The van der Waals surface area contributed by atoms with Crippen molar-refractivity contribution in [3.05, 3.63) is 48.8 Å². The lowest BCUT2D eigenvalue weighted by Crippen LogP contribution is -1.98. The Morgan fingerprint density at radius 1 is 1.24 bits per heavy atom. The molecule has 1 heterocycles. The van der Waals surface area contributed by atoms with Crippen molar-refractivity contribution in [3.63, 3.8) is 0 Å². The van der Waals surface area contributed by atoms with Crippen molar-refractivity contribution in [1.29, 1.82) is 0 Å². The summed E-state index contributed by atoms with van der Waals surface area (Å²) in [5.74, 6) is -0.239. The Kier molecular flexibility index (Phi) is 4.22. The van der Waals surface area contributed by atoms with Crippen LogP contribution in [0.25, 0.3) is 0 Å². The summed E-state index contributed by atoms with van der Waals surface area (Å²) >= 11 is 8.57. The molecule has 5 heteroatoms. The molecule has 0 bridgehead atoms. The van der Waals surface area contributed by atoms with Crippen LogP contribution in [0.15, 0.2) is 33.2 Å². The highest BCUT2D eigenvalue weighted by molar-refractivity contribution is 9.11. The second-order valence-corrected chi connectivity index (χ2v) is 6.64. The average Bonchev–Trinajstić information content (AvgIpc) is 2.57. The maximum Gasteiger partial charge on any atom is 0.124 e. The van der Waals surface area contributed by atoms with Crippen LogP contribution < -0.4 is 5.32 Å². The molecule has 90 valence electrons. The fourth-order valence-corrected chi connectivity index (χ4v) is 3.45. The van der Waals surface area contributed by atoms with Gasteiger partial charge in [-0.15, -0.1) is 11.3 Å². The van der Waals surface area contributed by atoms with E-state index in [1.54, 1.807) is 17.4 Å². The highest BCUT2D eigenvalue weighted by Gasteiger charge is 2.04. The third-order valence-corrected chi connectivity index (χ3v) is 5.09. The van der Waals surface area contributed by atoms with Crippen molar-refractivity contribution in [1.82, 2.24) is 0 Å². The van der Waals surface area contributed by atoms with Gasteiger partial charge >= 0.3 is 0 Å². The van der Waals surface area contributed by atoms with Gasteiger partial charge in [-0.05, 0) is 63.0 Å². The highest BCUT2D eigenvalue weighted by atomic mass is 79.9. The summed E-state index contributed by atoms with van der Waals surface area (Å²) in [5.41, 5.74) is 0.897. The van der Waals surface area contributed by atoms with Crippen molar-refractivity contribution >= 4 is 48.9 Å². The summed E-state index contributed by atoms with van der Waals surface area (Å²) in [5, 5.41) is 3.27. The van der Waals surface area contributed by atoms with Crippen LogP contribution in [0.5, 0.6) is 0 Å². The van der Waals surface area contributed by atoms with E-state index in [2.05, 4.69) is 50.2 Å². The number of thiophene rings is 1. The minimum absolute atomic E-state index is 0.239. The molecule has 1 nitrogen and oxygen atoms in total. The first-order valence-corrected chi connectivity index (χ1v) is 7.40. The van der Waals surface area contributed by atoms with Gasteiger partial charge in [0.05, 0.1) is 0 Å². The Bertz CT molecular complexity index is 520. The first-order valence-electron chi connectivity index (χ1n) is 5.00. The zero-order valence-corrected chi connectivity index (χ0v) is 13.0. The quantitative estimate of drug-likeness (QED) is 0.760. The number of aryl methyl sites for hydroxylation is 1. The van der Waals surface area contributed by atoms with Crippen LogP contribution in [0, 0.1) is 12.7 Å². The van der Waals surface area contributed by atoms with Crippen molar-refractivity contribution < 1.29 is 4.39 Å². The minimum atomic E-state index is -0.239. The smallest absolute Gasteiger partial charge is 0.124 e. The summed E-state index contributed by atoms with van der Waals surface area (Å²) < 4.78 is 14.8. The summed E-state index contributed by atoms with van der Waals surface area (Å²) in [7, 11) is 0. The molecule has 1 aromatic heterocycles. The predicted octanol–water partition coefficient (Wildman–Crippen LogP) is 5.33. The number of nitrogens with one attached hydrogen (secondary N) is 1. The molecule has 0 aliphatic heterocycles. The molecule has 2 rings (SSSR count). The van der Waals surface area contributed by atoms with Gasteiger partial charge in [-0.2, -0.15) is 0 Å². The Morgan fingerprint density at radius 2 is 2.00 bits per heavy atom. The molecule has 0 fully saturated rings. The van der Waals surface area contributed by atoms with Gasteiger partial charge in [0.2, 0.25) is 0 Å². The van der Waals surface area contributed by atoms with Crippen LogP contribution in [-0.4, -0.2) is 0 Å². The maximum atomic E-state index is 12.9. The lowest BCUT2D eigenvalue weighted by Gasteiger charge is -2.07. The summed E-state index contributed by atoms with van der Waals surface area (Å²) in [4.78, 5) is 2.51. The number of halogens is 3. The molecule has 0 aliphatic rings. The summed E-state index contributed by atoms with van der Waals surface area (Å²) in [6.45, 7) is 2.81. The predicted molar refractivity (Wildman–Crippen MR) is 78.2 cm³/mol. The first-order chi connectivity index (χ1) is 8.06. The zero-order valence-electron chi connectivity index (χ0n) is 9.06. The molecule has 0 saturated carbocycles. The fraction of sp³-hybridized carbons (Fsp3) is 0.167. The van der Waals surface area contributed by atoms with Gasteiger partial charge in [0.1, 0.15) is 5.82 Å². The topological polar surface area (TPSA) is 12.0 Å². The van der Waals surface area contributed by atoms with Crippen LogP contribution in [0.2, 0.25) is 0 Å². The van der Waals surface area contributed by atoms with Crippen LogP contribution in [0.4, 0.5) is 10.1 Å². The van der Waals surface area contributed by atoms with E-state index in [1.165, 1.54) is 21.9 Å². The van der Waals surface area contributed by atoms with E-state index >= 15 is 0 Å². The van der Waals surface area contributed by atoms with E-state index in [0.29, 0.717) is 0 Å². The van der Waals surface area contributed by atoms with Crippen molar-refractivity contribution in [2.24, 2.45) is 0 Å². The lowest BCUT2D eigenvalue weighted by atomic mass is 10.3. The van der Waals surface area contributed by atoms with Crippen LogP contribution in [0.1, 0.15) is 9.75 Å². The molecular formula is C12H10Br2FNS. The van der Waals surface area contributed by atoms with Gasteiger partial charge in [-0.25, -0.2) is 4.39 Å². The van der Waals surface area contributed by atoms with Gasteiger partial charge in [0.25, 0.3) is 0 Å². The maximum absolute atomic E-state index is 12.9. The zero-order chi connectivity index (χ0) is 12.4. The standard InChI is InChI=1S/C12H10Br2FNS/c1-7-10(13)5-9(17-7)6-16-12-3-2-8(15)4-11(12)14/h2-5,16H,6H2,1H3. The van der Waals surface area contributed by atoms with Gasteiger partial charge in [0.15, 0.2) is 0 Å². The van der Waals surface area contributed by atoms with E-state index in [0.717, 1.165) is 21.2 Å². The molecule has 0 unspecified atom stereocenters. The lowest BCUT2D eigenvalue weighted by molar-refractivity contribution is 0.627. The van der Waals surface area contributed by atoms with Crippen LogP contribution >= 0.6 is 43.2 Å². The normalized spacial score (nSPS) is 10.6. The largest absolute Gasteiger partial charge is 0.379 e. The molecule has 2 aromatic rings. The van der Waals surface area contributed by atoms with Gasteiger partial charge in [0, 0.05) is 30.9 Å². The summed E-state index contributed by atoms with van der Waals surface area (Å²) in [6, 6.07) is 6.74. The molecule has 1 N–H and O–H groups in total. The monoisotopic (exact) mass is 377 g/mol. The van der Waals surface area contributed by atoms with Crippen molar-refractivity contribution in [3.8, 4) is 0 Å². The molecule has 0 amide bonds. The number of rotatable bonds is 3. The fourth-order valence-electron chi connectivity index (χ4n) is 1.42. The van der Waals surface area contributed by atoms with E-state index in [-0.39, 0.29) is 5.82 Å². The third-order valence-electron chi connectivity index (χ3n) is 2.29. The second kappa shape index (κ2) is 5.50. The van der Waals surface area contributed by atoms with Crippen LogP contribution in [-0.2, 0) is 6.54 Å². The molecule has 1 aromatic carbocycles. The summed E-state index contributed by atoms with van der Waals surface area (Å²) in [6.07, 6.45) is 0. The van der Waals surface area contributed by atoms with E-state index in [9.17, 15) is 4.39 Å². The Morgan fingerprint density at radius 3 is 2.59 bits per heavy atom. The number of anilines is 1. The molecule has 0 radical (unpaired) electrons. The Labute approximate surface area is 120 Å². The van der Waals surface area contributed by atoms with Crippen molar-refractivity contribution in [2.75, 3.05) is 5.32 Å². The van der Waals surface area contributed by atoms with E-state index in [4.69, 9.17) is 0 Å². The van der Waals surface area contributed by atoms with Gasteiger partial charge in [-0.1, -0.05) is 0 Å². The molecule has 0 spiro atoms. The minimum Gasteiger partial charge on any atom is -0.379 e. The highest BCUT2D eigenvalue weighted by Crippen LogP contribution is 2.28.